The van der Waals surface area contributed by atoms with Crippen LogP contribution in [0.3, 0.4) is 0 Å². The molecule has 1 aromatic rings. The normalized spacial score (nSPS) is 19.1. The fraction of sp³-hybridized carbons (Fsp3) is 0.571. The molecule has 0 radical (unpaired) electrons. The lowest BCUT2D eigenvalue weighted by atomic mass is 10.1. The molecule has 1 aromatic carbocycles. The van der Waals surface area contributed by atoms with Gasteiger partial charge in [0.1, 0.15) is 0 Å². The summed E-state index contributed by atoms with van der Waals surface area (Å²) < 4.78 is 1.30. The Morgan fingerprint density at radius 1 is 1.25 bits per heavy atom. The number of benzene rings is 1. The molecule has 2 heteroatoms. The lowest BCUT2D eigenvalue weighted by molar-refractivity contribution is 0.256. The average Bonchev–Trinajstić information content (AvgIpc) is 2.70. The van der Waals surface area contributed by atoms with Crippen molar-refractivity contribution in [3.8, 4) is 0 Å². The van der Waals surface area contributed by atoms with Gasteiger partial charge in [-0.3, -0.25) is 0 Å². The SMILES string of the molecule is CCN(CC)CC1Cc2cccc(Br)c2C1. The van der Waals surface area contributed by atoms with Crippen molar-refractivity contribution in [3.63, 3.8) is 0 Å². The Balaban J connectivity index is 2.03. The van der Waals surface area contributed by atoms with Gasteiger partial charge in [-0.05, 0) is 49.0 Å². The Bertz CT molecular complexity index is 358. The van der Waals surface area contributed by atoms with Gasteiger partial charge in [0.05, 0.1) is 0 Å². The van der Waals surface area contributed by atoms with Gasteiger partial charge in [-0.2, -0.15) is 0 Å². The number of fused-ring (bicyclic) bond motifs is 1. The molecule has 0 fully saturated rings. The molecule has 2 rings (SSSR count). The van der Waals surface area contributed by atoms with Gasteiger partial charge in [-0.15, -0.1) is 0 Å². The van der Waals surface area contributed by atoms with E-state index in [4.69, 9.17) is 0 Å². The number of hydrogen-bond donors (Lipinski definition) is 0. The first-order chi connectivity index (χ1) is 7.74. The highest BCUT2D eigenvalue weighted by Crippen LogP contribution is 2.32. The summed E-state index contributed by atoms with van der Waals surface area (Å²) in [5, 5.41) is 0. The monoisotopic (exact) mass is 281 g/mol. The minimum atomic E-state index is 0.814. The maximum atomic E-state index is 3.66. The first-order valence-corrected chi connectivity index (χ1v) is 7.02. The Labute approximate surface area is 107 Å². The predicted octanol–water partition coefficient (Wildman–Crippen LogP) is 3.51. The highest BCUT2D eigenvalue weighted by atomic mass is 79.9. The zero-order valence-corrected chi connectivity index (χ0v) is 11.8. The third-order valence-electron chi connectivity index (χ3n) is 3.63. The Morgan fingerprint density at radius 3 is 2.62 bits per heavy atom. The van der Waals surface area contributed by atoms with E-state index in [2.05, 4.69) is 52.9 Å². The van der Waals surface area contributed by atoms with Crippen molar-refractivity contribution in [2.75, 3.05) is 19.6 Å². The van der Waals surface area contributed by atoms with Crippen LogP contribution in [0.5, 0.6) is 0 Å². The predicted molar refractivity (Wildman–Crippen MR) is 72.8 cm³/mol. The number of nitrogens with zero attached hydrogens (tertiary/aromatic N) is 1. The fourth-order valence-electron chi connectivity index (χ4n) is 2.67. The molecule has 0 saturated heterocycles. The first-order valence-electron chi connectivity index (χ1n) is 6.23. The van der Waals surface area contributed by atoms with Crippen LogP contribution in [0.4, 0.5) is 0 Å². The summed E-state index contributed by atoms with van der Waals surface area (Å²) >= 11 is 3.66. The maximum Gasteiger partial charge on any atom is 0.0210 e. The summed E-state index contributed by atoms with van der Waals surface area (Å²) in [7, 11) is 0. The van der Waals surface area contributed by atoms with Gasteiger partial charge < -0.3 is 4.90 Å². The second-order valence-corrected chi connectivity index (χ2v) is 5.49. The number of halogens is 1. The molecule has 0 bridgehead atoms. The maximum absolute atomic E-state index is 3.66. The summed E-state index contributed by atoms with van der Waals surface area (Å²) in [5.41, 5.74) is 3.09. The third kappa shape index (κ3) is 2.49. The molecule has 16 heavy (non-hydrogen) atoms. The molecule has 1 unspecified atom stereocenters. The van der Waals surface area contributed by atoms with E-state index in [0.29, 0.717) is 0 Å². The Kier molecular flexibility index (Phi) is 4.04. The van der Waals surface area contributed by atoms with E-state index in [1.807, 2.05) is 0 Å². The Hall–Kier alpha value is -0.340. The summed E-state index contributed by atoms with van der Waals surface area (Å²) in [4.78, 5) is 2.53. The van der Waals surface area contributed by atoms with Crippen molar-refractivity contribution in [2.24, 2.45) is 5.92 Å². The minimum Gasteiger partial charge on any atom is -0.304 e. The van der Waals surface area contributed by atoms with Crippen LogP contribution in [0.15, 0.2) is 22.7 Å². The van der Waals surface area contributed by atoms with Gasteiger partial charge in [0.25, 0.3) is 0 Å². The van der Waals surface area contributed by atoms with Crippen molar-refractivity contribution >= 4 is 15.9 Å². The van der Waals surface area contributed by atoms with Gasteiger partial charge in [0.2, 0.25) is 0 Å². The van der Waals surface area contributed by atoms with E-state index in [1.165, 1.54) is 36.9 Å². The van der Waals surface area contributed by atoms with Gasteiger partial charge >= 0.3 is 0 Å². The van der Waals surface area contributed by atoms with Crippen LogP contribution >= 0.6 is 15.9 Å². The van der Waals surface area contributed by atoms with Crippen molar-refractivity contribution in [2.45, 2.75) is 26.7 Å². The summed E-state index contributed by atoms with van der Waals surface area (Å²) in [6.45, 7) is 8.09. The number of hydrogen-bond acceptors (Lipinski definition) is 1. The molecular weight excluding hydrogens is 262 g/mol. The second-order valence-electron chi connectivity index (χ2n) is 4.64. The van der Waals surface area contributed by atoms with Crippen LogP contribution in [0.25, 0.3) is 0 Å². The topological polar surface area (TPSA) is 3.24 Å². The van der Waals surface area contributed by atoms with Gasteiger partial charge in [-0.1, -0.05) is 41.9 Å². The van der Waals surface area contributed by atoms with Crippen molar-refractivity contribution in [1.29, 1.82) is 0 Å². The van der Waals surface area contributed by atoms with E-state index in [1.54, 1.807) is 11.1 Å². The molecule has 1 aliphatic rings. The third-order valence-corrected chi connectivity index (χ3v) is 4.37. The molecule has 0 aliphatic heterocycles. The smallest absolute Gasteiger partial charge is 0.0210 e. The minimum absolute atomic E-state index is 0.814. The molecule has 1 aliphatic carbocycles. The molecule has 1 atom stereocenters. The summed E-state index contributed by atoms with van der Waals surface area (Å²) in [6, 6.07) is 6.60. The molecule has 0 spiro atoms. The molecule has 0 saturated carbocycles. The highest BCUT2D eigenvalue weighted by molar-refractivity contribution is 9.10. The lowest BCUT2D eigenvalue weighted by Gasteiger charge is -2.21. The van der Waals surface area contributed by atoms with Crippen molar-refractivity contribution in [1.82, 2.24) is 4.90 Å². The first kappa shape index (κ1) is 12.1. The van der Waals surface area contributed by atoms with Gasteiger partial charge in [0.15, 0.2) is 0 Å². The van der Waals surface area contributed by atoms with Crippen LogP contribution in [0, 0.1) is 5.92 Å². The van der Waals surface area contributed by atoms with Crippen LogP contribution < -0.4 is 0 Å². The molecule has 0 aromatic heterocycles. The van der Waals surface area contributed by atoms with Gasteiger partial charge in [-0.25, -0.2) is 0 Å². The van der Waals surface area contributed by atoms with E-state index < -0.39 is 0 Å². The second kappa shape index (κ2) is 5.33. The van der Waals surface area contributed by atoms with Crippen LogP contribution in [-0.4, -0.2) is 24.5 Å². The fourth-order valence-corrected chi connectivity index (χ4v) is 3.24. The molecule has 0 heterocycles. The highest BCUT2D eigenvalue weighted by Gasteiger charge is 2.24. The van der Waals surface area contributed by atoms with E-state index in [9.17, 15) is 0 Å². The summed E-state index contributed by atoms with van der Waals surface area (Å²) in [5.74, 6) is 0.814. The average molecular weight is 282 g/mol. The quantitative estimate of drug-likeness (QED) is 0.817. The zero-order chi connectivity index (χ0) is 11.5. The van der Waals surface area contributed by atoms with E-state index in [-0.39, 0.29) is 0 Å². The lowest BCUT2D eigenvalue weighted by Crippen LogP contribution is -2.29. The van der Waals surface area contributed by atoms with Crippen LogP contribution in [-0.2, 0) is 12.8 Å². The number of rotatable bonds is 4. The van der Waals surface area contributed by atoms with Crippen molar-refractivity contribution in [3.05, 3.63) is 33.8 Å². The van der Waals surface area contributed by atoms with Crippen LogP contribution in [0.2, 0.25) is 0 Å². The molecule has 1 nitrogen and oxygen atoms in total. The zero-order valence-electron chi connectivity index (χ0n) is 10.2. The standard InChI is InChI=1S/C14H20BrN/c1-3-16(4-2)10-11-8-12-6-5-7-14(15)13(12)9-11/h5-7,11H,3-4,8-10H2,1-2H3. The molecular formula is C14H20BrN. The van der Waals surface area contributed by atoms with E-state index >= 15 is 0 Å². The molecule has 0 amide bonds. The van der Waals surface area contributed by atoms with Crippen LogP contribution in [0.1, 0.15) is 25.0 Å². The Morgan fingerprint density at radius 2 is 2.00 bits per heavy atom. The van der Waals surface area contributed by atoms with E-state index in [0.717, 1.165) is 5.92 Å². The van der Waals surface area contributed by atoms with Crippen molar-refractivity contribution < 1.29 is 0 Å². The molecule has 88 valence electrons. The summed E-state index contributed by atoms with van der Waals surface area (Å²) in [6.07, 6.45) is 2.50. The largest absolute Gasteiger partial charge is 0.304 e. The van der Waals surface area contributed by atoms with Gasteiger partial charge in [0, 0.05) is 11.0 Å². The molecule has 0 N–H and O–H groups in total.